The zero-order valence-electron chi connectivity index (χ0n) is 15.7. The predicted molar refractivity (Wildman–Crippen MR) is 114 cm³/mol. The fourth-order valence-electron chi connectivity index (χ4n) is 2.48. The molecular weight excluding hydrogens is 382 g/mol. The summed E-state index contributed by atoms with van der Waals surface area (Å²) in [4.78, 5) is 15.2. The number of methoxy groups -OCH3 is 1. The number of rotatable bonds is 9. The largest absolute Gasteiger partial charge is 0.496 e. The molecule has 0 fully saturated rings. The molecule has 5 nitrogen and oxygen atoms in total. The monoisotopic (exact) mass is 405 g/mol. The maximum absolute atomic E-state index is 11.9. The molecule has 0 bridgehead atoms. The van der Waals surface area contributed by atoms with Crippen molar-refractivity contribution >= 4 is 41.2 Å². The topological polar surface area (TPSA) is 53.9 Å². The van der Waals surface area contributed by atoms with Crippen molar-refractivity contribution < 1.29 is 9.53 Å². The fraction of sp³-hybridized carbons (Fsp3) is 0.300. The van der Waals surface area contributed by atoms with E-state index < -0.39 is 0 Å². The summed E-state index contributed by atoms with van der Waals surface area (Å²) in [6, 6.07) is 13.3. The van der Waals surface area contributed by atoms with E-state index in [1.165, 1.54) is 11.8 Å². The summed E-state index contributed by atoms with van der Waals surface area (Å²) in [7, 11) is 1.63. The van der Waals surface area contributed by atoms with Gasteiger partial charge in [-0.15, -0.1) is 11.8 Å². The van der Waals surface area contributed by atoms with Crippen LogP contribution in [-0.2, 0) is 4.79 Å². The number of ether oxygens (including phenoxy) is 1. The van der Waals surface area contributed by atoms with E-state index in [0.717, 1.165) is 29.2 Å². The summed E-state index contributed by atoms with van der Waals surface area (Å²) < 4.78 is 5.45. The van der Waals surface area contributed by atoms with Gasteiger partial charge in [0.25, 0.3) is 0 Å². The molecule has 2 rings (SSSR count). The number of nitrogens with zero attached hydrogens (tertiary/aromatic N) is 2. The van der Waals surface area contributed by atoms with E-state index in [-0.39, 0.29) is 11.7 Å². The zero-order valence-corrected chi connectivity index (χ0v) is 17.3. The molecule has 0 saturated carbocycles. The van der Waals surface area contributed by atoms with Crippen molar-refractivity contribution in [1.29, 1.82) is 0 Å². The molecule has 2 aromatic rings. The summed E-state index contributed by atoms with van der Waals surface area (Å²) in [6.07, 6.45) is 1.59. The second-order valence-electron chi connectivity index (χ2n) is 5.63. The van der Waals surface area contributed by atoms with E-state index in [1.54, 1.807) is 25.5 Å². The van der Waals surface area contributed by atoms with Crippen LogP contribution in [0.25, 0.3) is 0 Å². The van der Waals surface area contributed by atoms with Gasteiger partial charge in [-0.1, -0.05) is 11.6 Å². The van der Waals surface area contributed by atoms with Gasteiger partial charge in [-0.05, 0) is 50.2 Å². The van der Waals surface area contributed by atoms with Crippen molar-refractivity contribution in [2.75, 3.05) is 30.9 Å². The number of halogens is 1. The number of amides is 1. The maximum atomic E-state index is 11.9. The Morgan fingerprint density at radius 2 is 1.93 bits per heavy atom. The SMILES string of the molecule is CCN(CC)c1ccc(/C=N\NC(=O)CSc2ccc(Cl)cc2)c(OC)c1. The van der Waals surface area contributed by atoms with Crippen molar-refractivity contribution in [2.24, 2.45) is 5.10 Å². The summed E-state index contributed by atoms with van der Waals surface area (Å²) in [6.45, 7) is 6.08. The number of benzene rings is 2. The van der Waals surface area contributed by atoms with Gasteiger partial charge in [0.15, 0.2) is 0 Å². The molecule has 0 radical (unpaired) electrons. The highest BCUT2D eigenvalue weighted by molar-refractivity contribution is 8.00. The highest BCUT2D eigenvalue weighted by Crippen LogP contribution is 2.24. The summed E-state index contributed by atoms with van der Waals surface area (Å²) in [5.41, 5.74) is 4.44. The van der Waals surface area contributed by atoms with Crippen LogP contribution in [0.1, 0.15) is 19.4 Å². The van der Waals surface area contributed by atoms with Gasteiger partial charge in [0.2, 0.25) is 5.91 Å². The second kappa shape index (κ2) is 10.8. The number of hydrogen-bond acceptors (Lipinski definition) is 5. The Kier molecular flexibility index (Phi) is 8.48. The zero-order chi connectivity index (χ0) is 19.6. The molecule has 2 aromatic carbocycles. The minimum Gasteiger partial charge on any atom is -0.496 e. The average molecular weight is 406 g/mol. The molecule has 0 aliphatic heterocycles. The lowest BCUT2D eigenvalue weighted by Crippen LogP contribution is -2.21. The first-order chi connectivity index (χ1) is 13.1. The van der Waals surface area contributed by atoms with E-state index in [4.69, 9.17) is 16.3 Å². The van der Waals surface area contributed by atoms with Crippen molar-refractivity contribution in [3.05, 3.63) is 53.1 Å². The van der Waals surface area contributed by atoms with Crippen LogP contribution in [0, 0.1) is 0 Å². The minimum absolute atomic E-state index is 0.176. The van der Waals surface area contributed by atoms with Crippen molar-refractivity contribution in [3.63, 3.8) is 0 Å². The quantitative estimate of drug-likeness (QED) is 0.380. The number of anilines is 1. The summed E-state index contributed by atoms with van der Waals surface area (Å²) >= 11 is 7.28. The van der Waals surface area contributed by atoms with Gasteiger partial charge in [0.1, 0.15) is 5.75 Å². The van der Waals surface area contributed by atoms with Crippen LogP contribution in [0.4, 0.5) is 5.69 Å². The lowest BCUT2D eigenvalue weighted by Gasteiger charge is -2.21. The van der Waals surface area contributed by atoms with Crippen LogP contribution >= 0.6 is 23.4 Å². The fourth-order valence-corrected chi connectivity index (χ4v) is 3.29. The summed E-state index contributed by atoms with van der Waals surface area (Å²) in [5.74, 6) is 0.814. The first kappa shape index (κ1) is 21.1. The van der Waals surface area contributed by atoms with Crippen molar-refractivity contribution in [1.82, 2.24) is 5.43 Å². The van der Waals surface area contributed by atoms with Crippen LogP contribution in [0.5, 0.6) is 5.75 Å². The molecule has 0 aliphatic rings. The smallest absolute Gasteiger partial charge is 0.250 e. The molecule has 7 heteroatoms. The molecule has 0 atom stereocenters. The molecule has 1 N–H and O–H groups in total. The van der Waals surface area contributed by atoms with Crippen molar-refractivity contribution in [2.45, 2.75) is 18.7 Å². The molecule has 0 heterocycles. The Bertz CT molecular complexity index is 777. The van der Waals surface area contributed by atoms with Crippen LogP contribution in [-0.4, -0.2) is 38.1 Å². The first-order valence-corrected chi connectivity index (χ1v) is 10.1. The van der Waals surface area contributed by atoms with Gasteiger partial charge in [-0.3, -0.25) is 4.79 Å². The molecule has 144 valence electrons. The predicted octanol–water partition coefficient (Wildman–Crippen LogP) is 4.44. The number of hydrazone groups is 1. The van der Waals surface area contributed by atoms with E-state index in [9.17, 15) is 4.79 Å². The normalized spacial score (nSPS) is 10.8. The molecule has 0 aliphatic carbocycles. The van der Waals surface area contributed by atoms with Crippen LogP contribution in [0.2, 0.25) is 5.02 Å². The van der Waals surface area contributed by atoms with Crippen molar-refractivity contribution in [3.8, 4) is 5.75 Å². The van der Waals surface area contributed by atoms with Gasteiger partial charge in [-0.2, -0.15) is 5.10 Å². The highest BCUT2D eigenvalue weighted by atomic mass is 35.5. The van der Waals surface area contributed by atoms with Gasteiger partial charge >= 0.3 is 0 Å². The Morgan fingerprint density at radius 1 is 1.22 bits per heavy atom. The average Bonchev–Trinajstić information content (AvgIpc) is 2.69. The number of carbonyl (C=O) groups excluding carboxylic acids is 1. The Hall–Kier alpha value is -2.18. The number of thioether (sulfide) groups is 1. The molecule has 27 heavy (non-hydrogen) atoms. The second-order valence-corrected chi connectivity index (χ2v) is 7.12. The first-order valence-electron chi connectivity index (χ1n) is 8.70. The van der Waals surface area contributed by atoms with Gasteiger partial charge in [0.05, 0.1) is 19.1 Å². The third-order valence-electron chi connectivity index (χ3n) is 3.92. The van der Waals surface area contributed by atoms with E-state index in [2.05, 4.69) is 29.3 Å². The standard InChI is InChI=1S/C20H24ClN3O2S/c1-4-24(5-2)17-9-6-15(19(12-17)26-3)13-22-23-20(25)14-27-18-10-7-16(21)8-11-18/h6-13H,4-5,14H2,1-3H3,(H,23,25)/b22-13-. The van der Waals surface area contributed by atoms with Gasteiger partial charge in [-0.25, -0.2) is 5.43 Å². The molecule has 0 aromatic heterocycles. The Morgan fingerprint density at radius 3 is 2.56 bits per heavy atom. The molecule has 1 amide bonds. The van der Waals surface area contributed by atoms with Gasteiger partial charge in [0, 0.05) is 40.3 Å². The Labute approximate surface area is 169 Å². The molecular formula is C20H24ClN3O2S. The van der Waals surface area contributed by atoms with E-state index in [1.807, 2.05) is 30.3 Å². The lowest BCUT2D eigenvalue weighted by atomic mass is 10.2. The number of carbonyl (C=O) groups is 1. The van der Waals surface area contributed by atoms with Crippen LogP contribution < -0.4 is 15.1 Å². The summed E-state index contributed by atoms with van der Waals surface area (Å²) in [5, 5.41) is 4.71. The number of nitrogens with one attached hydrogen (secondary N) is 1. The minimum atomic E-state index is -0.176. The van der Waals surface area contributed by atoms with Crippen LogP contribution in [0.15, 0.2) is 52.5 Å². The Balaban J connectivity index is 1.92. The third kappa shape index (κ3) is 6.48. The molecule has 0 unspecified atom stereocenters. The van der Waals surface area contributed by atoms with E-state index in [0.29, 0.717) is 10.8 Å². The lowest BCUT2D eigenvalue weighted by molar-refractivity contribution is -0.118. The van der Waals surface area contributed by atoms with Crippen LogP contribution in [0.3, 0.4) is 0 Å². The highest BCUT2D eigenvalue weighted by Gasteiger charge is 2.07. The maximum Gasteiger partial charge on any atom is 0.250 e. The molecule has 0 saturated heterocycles. The number of hydrogen-bond donors (Lipinski definition) is 1. The van der Waals surface area contributed by atoms with Gasteiger partial charge < -0.3 is 9.64 Å². The molecule has 0 spiro atoms. The van der Waals surface area contributed by atoms with E-state index >= 15 is 0 Å². The third-order valence-corrected chi connectivity index (χ3v) is 5.19.